The first-order valence-electron chi connectivity index (χ1n) is 10.5. The number of unbranched alkanes of at least 4 members (excludes halogenated alkanes) is 4. The number of hydrogen-bond donors (Lipinski definition) is 0. The van der Waals surface area contributed by atoms with Gasteiger partial charge in [-0.05, 0) is 49.2 Å². The van der Waals surface area contributed by atoms with Gasteiger partial charge in [0.1, 0.15) is 0 Å². The van der Waals surface area contributed by atoms with Crippen molar-refractivity contribution in [2.24, 2.45) is 0 Å². The van der Waals surface area contributed by atoms with Crippen LogP contribution in [0.5, 0.6) is 0 Å². The van der Waals surface area contributed by atoms with Crippen LogP contribution in [0.1, 0.15) is 44.6 Å². The molecular formula is C28H29N. The molecule has 3 aromatic carbocycles. The Bertz CT molecular complexity index is 1050. The summed E-state index contributed by atoms with van der Waals surface area (Å²) in [6, 6.07) is 25.1. The molecule has 0 atom stereocenters. The van der Waals surface area contributed by atoms with Gasteiger partial charge in [0.2, 0.25) is 0 Å². The lowest BCUT2D eigenvalue weighted by Gasteiger charge is -2.07. The molecule has 1 nitrogen and oxygen atoms in total. The van der Waals surface area contributed by atoms with Crippen LogP contribution in [0.2, 0.25) is 0 Å². The molecule has 0 N–H and O–H groups in total. The summed E-state index contributed by atoms with van der Waals surface area (Å²) < 4.78 is 2.28. The summed E-state index contributed by atoms with van der Waals surface area (Å²) in [4.78, 5) is 0. The molecule has 0 spiro atoms. The maximum absolute atomic E-state index is 5.44. The zero-order chi connectivity index (χ0) is 20.5. The standard InChI is InChI=1S/C20H13N.C8H16/c1-2-15-11-13-16(14-12-15)21-19-9-5-3-7-17(19)18-8-4-6-10-20(18)21;1-3-5-7-8-6-4-2/h1,3-14H;3H,1,4-8H2,2H3. The van der Waals surface area contributed by atoms with Crippen LogP contribution in [0, 0.1) is 12.3 Å². The maximum atomic E-state index is 5.44. The lowest BCUT2D eigenvalue weighted by atomic mass is 10.2. The first-order chi connectivity index (χ1) is 14.3. The van der Waals surface area contributed by atoms with E-state index in [0.29, 0.717) is 0 Å². The first-order valence-corrected chi connectivity index (χ1v) is 10.5. The molecule has 0 unspecified atom stereocenters. The van der Waals surface area contributed by atoms with Gasteiger partial charge in [0.15, 0.2) is 0 Å². The summed E-state index contributed by atoms with van der Waals surface area (Å²) in [5.74, 6) is 2.66. The summed E-state index contributed by atoms with van der Waals surface area (Å²) in [5, 5.41) is 2.54. The van der Waals surface area contributed by atoms with Gasteiger partial charge in [-0.1, -0.05) is 74.6 Å². The van der Waals surface area contributed by atoms with E-state index in [0.717, 1.165) is 11.3 Å². The molecule has 0 bridgehead atoms. The van der Waals surface area contributed by atoms with Crippen molar-refractivity contribution >= 4 is 21.8 Å². The molecule has 4 rings (SSSR count). The summed E-state index contributed by atoms with van der Waals surface area (Å²) in [6.45, 7) is 5.89. The van der Waals surface area contributed by atoms with E-state index in [4.69, 9.17) is 6.42 Å². The van der Waals surface area contributed by atoms with Gasteiger partial charge in [0.25, 0.3) is 0 Å². The molecule has 146 valence electrons. The second kappa shape index (κ2) is 10.3. The van der Waals surface area contributed by atoms with Gasteiger partial charge in [-0.25, -0.2) is 0 Å². The van der Waals surface area contributed by atoms with Crippen LogP contribution in [-0.2, 0) is 0 Å². The van der Waals surface area contributed by atoms with Gasteiger partial charge in [0.05, 0.1) is 11.0 Å². The Hall–Kier alpha value is -3.24. The van der Waals surface area contributed by atoms with E-state index < -0.39 is 0 Å². The number of fused-ring (bicyclic) bond motifs is 3. The van der Waals surface area contributed by atoms with Crippen LogP contribution in [0.4, 0.5) is 0 Å². The summed E-state index contributed by atoms with van der Waals surface area (Å²) >= 11 is 0. The van der Waals surface area contributed by atoms with Crippen LogP contribution in [0.3, 0.4) is 0 Å². The van der Waals surface area contributed by atoms with Crippen LogP contribution in [-0.4, -0.2) is 4.57 Å². The maximum Gasteiger partial charge on any atom is 0.0541 e. The third kappa shape index (κ3) is 4.79. The minimum atomic E-state index is 0.902. The van der Waals surface area contributed by atoms with Crippen LogP contribution in [0.15, 0.2) is 85.5 Å². The average molecular weight is 380 g/mol. The van der Waals surface area contributed by atoms with Crippen LogP contribution >= 0.6 is 0 Å². The fourth-order valence-corrected chi connectivity index (χ4v) is 3.62. The van der Waals surface area contributed by atoms with Gasteiger partial charge in [-0.15, -0.1) is 13.0 Å². The van der Waals surface area contributed by atoms with Crippen molar-refractivity contribution in [2.45, 2.75) is 39.0 Å². The highest BCUT2D eigenvalue weighted by molar-refractivity contribution is 6.09. The van der Waals surface area contributed by atoms with E-state index >= 15 is 0 Å². The van der Waals surface area contributed by atoms with Crippen molar-refractivity contribution in [1.29, 1.82) is 0 Å². The zero-order valence-electron chi connectivity index (χ0n) is 17.3. The third-order valence-electron chi connectivity index (χ3n) is 5.13. The van der Waals surface area contributed by atoms with E-state index in [2.05, 4.69) is 84.7 Å². The Balaban J connectivity index is 0.000000258. The molecule has 0 aliphatic carbocycles. The Morgan fingerprint density at radius 1 is 0.828 bits per heavy atom. The lowest BCUT2D eigenvalue weighted by Crippen LogP contribution is -1.93. The predicted molar refractivity (Wildman–Crippen MR) is 128 cm³/mol. The van der Waals surface area contributed by atoms with Crippen molar-refractivity contribution in [3.63, 3.8) is 0 Å². The number of rotatable bonds is 6. The monoisotopic (exact) mass is 379 g/mol. The highest BCUT2D eigenvalue weighted by Crippen LogP contribution is 2.31. The summed E-state index contributed by atoms with van der Waals surface area (Å²) in [6.07, 6.45) is 14.1. The number of hydrogen-bond acceptors (Lipinski definition) is 0. The molecular weight excluding hydrogens is 350 g/mol. The van der Waals surface area contributed by atoms with Gasteiger partial charge in [-0.2, -0.15) is 0 Å². The number of allylic oxidation sites excluding steroid dienone is 1. The van der Waals surface area contributed by atoms with Gasteiger partial charge in [0, 0.05) is 22.0 Å². The minimum Gasteiger partial charge on any atom is -0.309 e. The number of aromatic nitrogens is 1. The first kappa shape index (κ1) is 20.5. The Morgan fingerprint density at radius 3 is 1.93 bits per heavy atom. The topological polar surface area (TPSA) is 4.93 Å². The van der Waals surface area contributed by atoms with Crippen molar-refractivity contribution in [3.8, 4) is 18.0 Å². The highest BCUT2D eigenvalue weighted by atomic mass is 15.0. The largest absolute Gasteiger partial charge is 0.309 e. The molecule has 1 aromatic heterocycles. The number of benzene rings is 3. The van der Waals surface area contributed by atoms with E-state index in [1.807, 2.05) is 18.2 Å². The lowest BCUT2D eigenvalue weighted by molar-refractivity contribution is 0.675. The zero-order valence-corrected chi connectivity index (χ0v) is 17.3. The number of nitrogens with zero attached hydrogens (tertiary/aromatic N) is 1. The van der Waals surface area contributed by atoms with Crippen LogP contribution < -0.4 is 0 Å². The predicted octanol–water partition coefficient (Wildman–Crippen LogP) is 7.91. The summed E-state index contributed by atoms with van der Waals surface area (Å²) in [7, 11) is 0. The molecule has 29 heavy (non-hydrogen) atoms. The molecule has 0 saturated carbocycles. The van der Waals surface area contributed by atoms with E-state index in [9.17, 15) is 0 Å². The molecule has 4 aromatic rings. The Morgan fingerprint density at radius 2 is 1.41 bits per heavy atom. The quantitative estimate of drug-likeness (QED) is 0.182. The van der Waals surface area contributed by atoms with Gasteiger partial charge in [-0.3, -0.25) is 0 Å². The highest BCUT2D eigenvalue weighted by Gasteiger charge is 2.10. The Kier molecular flexibility index (Phi) is 7.31. The molecule has 0 fully saturated rings. The second-order valence-corrected chi connectivity index (χ2v) is 7.20. The van der Waals surface area contributed by atoms with Crippen molar-refractivity contribution in [2.75, 3.05) is 0 Å². The molecule has 0 radical (unpaired) electrons. The van der Waals surface area contributed by atoms with E-state index in [1.54, 1.807) is 0 Å². The fourth-order valence-electron chi connectivity index (χ4n) is 3.62. The van der Waals surface area contributed by atoms with Crippen molar-refractivity contribution < 1.29 is 0 Å². The normalized spacial score (nSPS) is 10.3. The molecule has 0 aliphatic rings. The Labute approximate surface area is 174 Å². The molecule has 1 heterocycles. The third-order valence-corrected chi connectivity index (χ3v) is 5.13. The van der Waals surface area contributed by atoms with Crippen molar-refractivity contribution in [3.05, 3.63) is 91.0 Å². The number of terminal acetylenes is 1. The van der Waals surface area contributed by atoms with Gasteiger partial charge < -0.3 is 4.57 Å². The van der Waals surface area contributed by atoms with Crippen molar-refractivity contribution in [1.82, 2.24) is 4.57 Å². The van der Waals surface area contributed by atoms with Crippen LogP contribution in [0.25, 0.3) is 27.5 Å². The van der Waals surface area contributed by atoms with E-state index in [-0.39, 0.29) is 0 Å². The molecule has 1 heteroatoms. The second-order valence-electron chi connectivity index (χ2n) is 7.20. The fraction of sp³-hybridized carbons (Fsp3) is 0.214. The van der Waals surface area contributed by atoms with Gasteiger partial charge >= 0.3 is 0 Å². The SMILES string of the molecule is C#Cc1ccc(-n2c3ccccc3c3ccccc32)cc1.C=CCCCCCC. The van der Waals surface area contributed by atoms with E-state index in [1.165, 1.54) is 53.9 Å². The number of para-hydroxylation sites is 2. The summed E-state index contributed by atoms with van der Waals surface area (Å²) in [5.41, 5.74) is 4.46. The molecule has 0 amide bonds. The minimum absolute atomic E-state index is 0.902. The smallest absolute Gasteiger partial charge is 0.0541 e. The molecule has 0 saturated heterocycles. The molecule has 0 aliphatic heterocycles. The average Bonchev–Trinajstić information content (AvgIpc) is 3.12.